The number of carbonyl (C=O) groups excluding carboxylic acids is 1. The van der Waals surface area contributed by atoms with Crippen LogP contribution >= 0.6 is 0 Å². The number of rotatable bonds is 7. The number of aryl methyl sites for hydroxylation is 5. The normalized spacial score (nSPS) is 17.3. The minimum absolute atomic E-state index is 0.134. The van der Waals surface area contributed by atoms with Gasteiger partial charge in [-0.3, -0.25) is 9.69 Å². The van der Waals surface area contributed by atoms with Gasteiger partial charge in [-0.25, -0.2) is 24.9 Å². The summed E-state index contributed by atoms with van der Waals surface area (Å²) >= 11 is 0. The van der Waals surface area contributed by atoms with Crippen LogP contribution in [0.5, 0.6) is 0 Å². The number of H-pyrrole nitrogens is 5. The number of hydrogen-bond acceptors (Lipinski definition) is 10. The van der Waals surface area contributed by atoms with E-state index >= 15 is 0 Å². The van der Waals surface area contributed by atoms with Crippen molar-refractivity contribution in [1.29, 1.82) is 0 Å². The SMILES string of the molecule is CCC(C)N1CCCc2c[nH]c3ccnc1c23.O=C1CCc2c[nH]c3ccnc(c23)N1Cc1ccccc1.c1cc2[nH]cc3c2c(n1)N(C1CCC1)CCC3.c1cc2[nH]cc3c2c(n1)N(C1CCCC1)CCC3.c1ccc(N2CCCc3c[nH]c4ccnc2c34)cc1. The third kappa shape index (κ3) is 11.6. The van der Waals surface area contributed by atoms with Gasteiger partial charge in [-0.2, -0.15) is 0 Å². The predicted octanol–water partition coefficient (Wildman–Crippen LogP) is 15.9. The van der Waals surface area contributed by atoms with Crippen molar-refractivity contribution in [3.8, 4) is 0 Å². The summed E-state index contributed by atoms with van der Waals surface area (Å²) < 4.78 is 0. The molecular formula is C76H85N15O. The van der Waals surface area contributed by atoms with Crippen molar-refractivity contribution in [1.82, 2.24) is 49.8 Å². The fourth-order valence-corrected chi connectivity index (χ4v) is 15.4. The van der Waals surface area contributed by atoms with Crippen LogP contribution in [-0.2, 0) is 43.4 Å². The van der Waals surface area contributed by atoms with E-state index in [0.717, 1.165) is 85.4 Å². The fourth-order valence-electron chi connectivity index (χ4n) is 15.4. The van der Waals surface area contributed by atoms with E-state index in [1.165, 1.54) is 185 Å². The number of aromatic nitrogens is 10. The first-order valence-electron chi connectivity index (χ1n) is 34.2. The van der Waals surface area contributed by atoms with Gasteiger partial charge in [0.25, 0.3) is 0 Å². The van der Waals surface area contributed by atoms with Crippen molar-refractivity contribution in [2.45, 2.75) is 154 Å². The Bertz CT molecular complexity index is 4400. The molecule has 92 heavy (non-hydrogen) atoms. The minimum Gasteiger partial charge on any atom is -0.361 e. The van der Waals surface area contributed by atoms with Crippen molar-refractivity contribution in [3.63, 3.8) is 0 Å². The molecule has 0 spiro atoms. The molecule has 2 aromatic carbocycles. The summed E-state index contributed by atoms with van der Waals surface area (Å²) in [5.74, 6) is 5.61. The number of pyridine rings is 5. The molecule has 16 heteroatoms. The minimum atomic E-state index is 0.134. The van der Waals surface area contributed by atoms with Crippen LogP contribution in [0.25, 0.3) is 54.5 Å². The Kier molecular flexibility index (Phi) is 16.9. The first kappa shape index (κ1) is 58.9. The Balaban J connectivity index is 0.0000000956. The van der Waals surface area contributed by atoms with Crippen molar-refractivity contribution in [2.75, 3.05) is 50.7 Å². The number of para-hydroxylation sites is 1. The van der Waals surface area contributed by atoms with Gasteiger partial charge in [-0.05, 0) is 179 Å². The molecule has 12 aromatic rings. The zero-order valence-electron chi connectivity index (χ0n) is 53.3. The van der Waals surface area contributed by atoms with Gasteiger partial charge in [-0.1, -0.05) is 68.3 Å². The molecule has 0 bridgehead atoms. The number of amides is 1. The number of hydrogen-bond donors (Lipinski definition) is 5. The summed E-state index contributed by atoms with van der Waals surface area (Å²) in [7, 11) is 0. The highest BCUT2D eigenvalue weighted by Crippen LogP contribution is 2.40. The maximum atomic E-state index is 12.5. The predicted molar refractivity (Wildman–Crippen MR) is 375 cm³/mol. The van der Waals surface area contributed by atoms with Crippen LogP contribution in [-0.4, -0.2) is 100 Å². The van der Waals surface area contributed by atoms with E-state index < -0.39 is 0 Å². The largest absolute Gasteiger partial charge is 0.361 e. The fraction of sp³-hybridized carbons (Fsp3) is 0.368. The van der Waals surface area contributed by atoms with E-state index in [1.807, 2.05) is 72.3 Å². The smallest absolute Gasteiger partial charge is 0.228 e. The van der Waals surface area contributed by atoms with Crippen molar-refractivity contribution >= 4 is 95.2 Å². The van der Waals surface area contributed by atoms with Gasteiger partial charge >= 0.3 is 0 Å². The monoisotopic (exact) mass is 1220 g/mol. The third-order valence-electron chi connectivity index (χ3n) is 20.5. The number of carbonyl (C=O) groups is 1. The van der Waals surface area contributed by atoms with Crippen LogP contribution in [0.1, 0.15) is 131 Å². The second kappa shape index (κ2) is 26.4. The maximum absolute atomic E-state index is 12.5. The van der Waals surface area contributed by atoms with Gasteiger partial charge < -0.3 is 44.5 Å². The molecule has 10 aromatic heterocycles. The second-order valence-corrected chi connectivity index (χ2v) is 26.1. The first-order chi connectivity index (χ1) is 45.4. The Morgan fingerprint density at radius 3 is 1.32 bits per heavy atom. The van der Waals surface area contributed by atoms with E-state index in [1.54, 1.807) is 6.20 Å². The molecule has 1 atom stereocenters. The third-order valence-corrected chi connectivity index (χ3v) is 20.5. The summed E-state index contributed by atoms with van der Waals surface area (Å²) in [5.41, 5.74) is 15.2. The lowest BCUT2D eigenvalue weighted by molar-refractivity contribution is -0.118. The lowest BCUT2D eigenvalue weighted by Crippen LogP contribution is -2.41. The summed E-state index contributed by atoms with van der Waals surface area (Å²) in [6.07, 6.45) is 41.6. The number of nitrogens with zero attached hydrogens (tertiary/aromatic N) is 10. The summed E-state index contributed by atoms with van der Waals surface area (Å²) in [6, 6.07) is 32.9. The van der Waals surface area contributed by atoms with Crippen LogP contribution in [0.3, 0.4) is 0 Å². The maximum Gasteiger partial charge on any atom is 0.228 e. The highest BCUT2D eigenvalue weighted by Gasteiger charge is 2.32. The van der Waals surface area contributed by atoms with Gasteiger partial charge in [0.05, 0.1) is 34.1 Å². The quantitative estimate of drug-likeness (QED) is 0.103. The van der Waals surface area contributed by atoms with Gasteiger partial charge in [0.1, 0.15) is 29.1 Å². The molecule has 2 fully saturated rings. The van der Waals surface area contributed by atoms with Crippen LogP contribution in [0, 0.1) is 0 Å². The second-order valence-electron chi connectivity index (χ2n) is 26.1. The Labute approximate surface area is 538 Å². The highest BCUT2D eigenvalue weighted by atomic mass is 16.2. The topological polar surface area (TPSA) is 177 Å². The average molecular weight is 1220 g/mol. The number of anilines is 6. The number of benzene rings is 2. The zero-order valence-corrected chi connectivity index (χ0v) is 53.3. The van der Waals surface area contributed by atoms with Crippen molar-refractivity contribution in [3.05, 3.63) is 186 Å². The molecule has 5 N–H and O–H groups in total. The number of aromatic amines is 5. The molecule has 1 unspecified atom stereocenters. The molecular weight excluding hydrogens is 1140 g/mol. The first-order valence-corrected chi connectivity index (χ1v) is 34.2. The van der Waals surface area contributed by atoms with E-state index in [4.69, 9.17) is 4.98 Å². The van der Waals surface area contributed by atoms with Crippen LogP contribution in [0.4, 0.5) is 34.8 Å². The zero-order chi connectivity index (χ0) is 61.9. The Hall–Kier alpha value is -9.44. The molecule has 470 valence electrons. The molecule has 16 nitrogen and oxygen atoms in total. The highest BCUT2D eigenvalue weighted by molar-refractivity contribution is 6.05. The average Bonchev–Trinajstić information content (AvgIpc) is 1.70. The summed E-state index contributed by atoms with van der Waals surface area (Å²) in [6.45, 7) is 9.58. The summed E-state index contributed by atoms with van der Waals surface area (Å²) in [5, 5.41) is 6.45. The molecule has 0 radical (unpaired) electrons. The Morgan fingerprint density at radius 1 is 0.424 bits per heavy atom. The van der Waals surface area contributed by atoms with E-state index in [9.17, 15) is 4.79 Å². The summed E-state index contributed by atoms with van der Waals surface area (Å²) in [4.78, 5) is 64.1. The van der Waals surface area contributed by atoms with Gasteiger partial charge in [0.15, 0.2) is 0 Å². The van der Waals surface area contributed by atoms with E-state index in [0.29, 0.717) is 19.0 Å². The van der Waals surface area contributed by atoms with Gasteiger partial charge in [0.2, 0.25) is 5.91 Å². The lowest BCUT2D eigenvalue weighted by Gasteiger charge is -2.38. The molecule has 0 saturated heterocycles. The van der Waals surface area contributed by atoms with Crippen LogP contribution in [0.15, 0.2) is 153 Å². The number of nitrogens with one attached hydrogen (secondary N) is 5. The standard InChI is InChI=1S/C17H15N3O.C16H15N3.C15H19N3.C14H17N3.C14H19N3/c21-15-7-6-13-10-19-14-8-9-18-17(16(13)14)20(15)11-12-4-2-1-3-5-12;1-2-6-13(7-3-1)19-10-4-5-12-11-18-14-8-9-17-16(19)15(12)14;1-2-6-12(5-1)18-9-3-4-11-10-17-13-7-8-16-15(18)14(11)13;1-4-11(5-1)17-8-2-3-10-9-16-12-6-7-15-14(17)13(10)12;1-3-10(2)17-8-4-5-11-9-16-12-6-7-15-14(17)13(11)12/h1-5,8-10,19H,6-7,11H2;1-3,6-9,11,18H,4-5,10H2;7-8,10,12,17H,1-6,9H2;6-7,9,11,16H,1-5,8H2;6-7,9-10,16H,3-5,8H2,1-2H3. The lowest BCUT2D eigenvalue weighted by atomic mass is 9.91. The molecule has 19 rings (SSSR count). The van der Waals surface area contributed by atoms with E-state index in [-0.39, 0.29) is 5.91 Å². The Morgan fingerprint density at radius 2 is 0.826 bits per heavy atom. The molecule has 5 aliphatic heterocycles. The van der Waals surface area contributed by atoms with Crippen molar-refractivity contribution < 1.29 is 4.79 Å². The molecule has 7 aliphatic rings. The molecule has 2 aliphatic carbocycles. The van der Waals surface area contributed by atoms with Crippen LogP contribution in [0.2, 0.25) is 0 Å². The van der Waals surface area contributed by atoms with E-state index in [2.05, 4.69) is 158 Å². The molecule has 2 saturated carbocycles. The van der Waals surface area contributed by atoms with Crippen LogP contribution < -0.4 is 24.5 Å². The molecule has 1 amide bonds. The molecule has 15 heterocycles. The van der Waals surface area contributed by atoms with Gasteiger partial charge in [-0.15, -0.1) is 0 Å². The van der Waals surface area contributed by atoms with Crippen molar-refractivity contribution in [2.24, 2.45) is 0 Å². The van der Waals surface area contributed by atoms with Gasteiger partial charge in [0, 0.05) is 145 Å².